The fraction of sp³-hybridized carbons (Fsp3) is 0.278. The van der Waals surface area contributed by atoms with E-state index in [1.807, 2.05) is 32.9 Å². The predicted molar refractivity (Wildman–Crippen MR) is 97.5 cm³/mol. The standard InChI is InChI=1S/C18H19ClN2O4/c1-10-7-11(2)17(12(3)8-10)20-18(22)13(4)25-16-6-5-14(19)9-15(16)21(23)24/h5-9,13H,1-4H3,(H,20,22)/t13-/m0/s1. The minimum absolute atomic E-state index is 0.00519. The summed E-state index contributed by atoms with van der Waals surface area (Å²) in [6.07, 6.45) is -0.917. The van der Waals surface area contributed by atoms with Crippen molar-refractivity contribution in [3.63, 3.8) is 0 Å². The van der Waals surface area contributed by atoms with Crippen molar-refractivity contribution in [2.45, 2.75) is 33.8 Å². The number of hydrogen-bond donors (Lipinski definition) is 1. The van der Waals surface area contributed by atoms with E-state index < -0.39 is 11.0 Å². The lowest BCUT2D eigenvalue weighted by molar-refractivity contribution is -0.386. The number of carbonyl (C=O) groups is 1. The quantitative estimate of drug-likeness (QED) is 0.623. The molecule has 0 aromatic heterocycles. The number of hydrogen-bond acceptors (Lipinski definition) is 4. The molecule has 1 atom stereocenters. The van der Waals surface area contributed by atoms with Crippen LogP contribution in [-0.2, 0) is 4.79 Å². The van der Waals surface area contributed by atoms with Crippen LogP contribution in [0.1, 0.15) is 23.6 Å². The average molecular weight is 363 g/mol. The third kappa shape index (κ3) is 4.48. The Balaban J connectivity index is 2.18. The minimum atomic E-state index is -0.917. The molecule has 0 aliphatic rings. The lowest BCUT2D eigenvalue weighted by atomic mass is 10.0. The number of anilines is 1. The second-order valence-electron chi connectivity index (χ2n) is 5.89. The van der Waals surface area contributed by atoms with Crippen LogP contribution in [-0.4, -0.2) is 16.9 Å². The first kappa shape index (κ1) is 18.7. The lowest BCUT2D eigenvalue weighted by Crippen LogP contribution is -2.30. The number of carbonyl (C=O) groups excluding carboxylic acids is 1. The Morgan fingerprint density at radius 3 is 2.36 bits per heavy atom. The highest BCUT2D eigenvalue weighted by Gasteiger charge is 2.22. The van der Waals surface area contributed by atoms with E-state index in [0.717, 1.165) is 22.4 Å². The van der Waals surface area contributed by atoms with Gasteiger partial charge in [0, 0.05) is 16.8 Å². The van der Waals surface area contributed by atoms with Gasteiger partial charge in [-0.15, -0.1) is 0 Å². The topological polar surface area (TPSA) is 81.5 Å². The summed E-state index contributed by atoms with van der Waals surface area (Å²) < 4.78 is 5.49. The predicted octanol–water partition coefficient (Wildman–Crippen LogP) is 4.58. The molecule has 25 heavy (non-hydrogen) atoms. The van der Waals surface area contributed by atoms with Crippen LogP contribution in [0.3, 0.4) is 0 Å². The van der Waals surface area contributed by atoms with Gasteiger partial charge < -0.3 is 10.1 Å². The van der Waals surface area contributed by atoms with Crippen molar-refractivity contribution in [2.24, 2.45) is 0 Å². The second kappa shape index (κ2) is 7.53. The number of ether oxygens (including phenoxy) is 1. The van der Waals surface area contributed by atoms with E-state index in [1.54, 1.807) is 0 Å². The molecule has 0 heterocycles. The summed E-state index contributed by atoms with van der Waals surface area (Å²) in [6, 6.07) is 7.99. The van der Waals surface area contributed by atoms with Gasteiger partial charge in [0.1, 0.15) is 0 Å². The van der Waals surface area contributed by atoms with Crippen LogP contribution in [0.15, 0.2) is 30.3 Å². The van der Waals surface area contributed by atoms with Crippen molar-refractivity contribution in [3.05, 3.63) is 62.2 Å². The molecule has 6 nitrogen and oxygen atoms in total. The van der Waals surface area contributed by atoms with Crippen LogP contribution >= 0.6 is 11.6 Å². The van der Waals surface area contributed by atoms with Crippen molar-refractivity contribution >= 4 is 28.9 Å². The Morgan fingerprint density at radius 2 is 1.80 bits per heavy atom. The van der Waals surface area contributed by atoms with E-state index in [2.05, 4.69) is 5.32 Å². The molecule has 2 aromatic carbocycles. The molecule has 1 N–H and O–H groups in total. The van der Waals surface area contributed by atoms with E-state index in [4.69, 9.17) is 16.3 Å². The lowest BCUT2D eigenvalue weighted by Gasteiger charge is -2.17. The highest BCUT2D eigenvalue weighted by Crippen LogP contribution is 2.31. The number of nitrogens with one attached hydrogen (secondary N) is 1. The summed E-state index contributed by atoms with van der Waals surface area (Å²) >= 11 is 5.78. The Kier molecular flexibility index (Phi) is 5.64. The van der Waals surface area contributed by atoms with Crippen LogP contribution < -0.4 is 10.1 Å². The summed E-state index contributed by atoms with van der Waals surface area (Å²) in [7, 11) is 0. The van der Waals surface area contributed by atoms with E-state index >= 15 is 0 Å². The third-order valence-corrected chi connectivity index (χ3v) is 3.95. The summed E-state index contributed by atoms with van der Waals surface area (Å²) in [5.74, 6) is -0.395. The maximum atomic E-state index is 12.4. The molecular formula is C18H19ClN2O4. The molecule has 0 fully saturated rings. The van der Waals surface area contributed by atoms with Crippen LogP contribution in [0.4, 0.5) is 11.4 Å². The van der Waals surface area contributed by atoms with E-state index in [-0.39, 0.29) is 22.4 Å². The SMILES string of the molecule is Cc1cc(C)c(NC(=O)[C@H](C)Oc2ccc(Cl)cc2[N+](=O)[O-])c(C)c1. The molecule has 0 radical (unpaired) electrons. The van der Waals surface area contributed by atoms with Gasteiger partial charge in [-0.05, 0) is 51.0 Å². The Hall–Kier alpha value is -2.60. The van der Waals surface area contributed by atoms with Crippen molar-refractivity contribution < 1.29 is 14.5 Å². The van der Waals surface area contributed by atoms with E-state index in [0.29, 0.717) is 0 Å². The monoisotopic (exact) mass is 362 g/mol. The fourth-order valence-corrected chi connectivity index (χ4v) is 2.75. The fourth-order valence-electron chi connectivity index (χ4n) is 2.58. The zero-order chi connectivity index (χ0) is 18.7. The minimum Gasteiger partial charge on any atom is -0.474 e. The largest absolute Gasteiger partial charge is 0.474 e. The highest BCUT2D eigenvalue weighted by molar-refractivity contribution is 6.30. The summed E-state index contributed by atoms with van der Waals surface area (Å²) in [5, 5.41) is 14.2. The molecular weight excluding hydrogens is 344 g/mol. The summed E-state index contributed by atoms with van der Waals surface area (Å²) in [4.78, 5) is 22.9. The van der Waals surface area contributed by atoms with Gasteiger partial charge in [-0.1, -0.05) is 29.3 Å². The van der Waals surface area contributed by atoms with E-state index in [1.165, 1.54) is 25.1 Å². The second-order valence-corrected chi connectivity index (χ2v) is 6.33. The molecule has 0 aliphatic carbocycles. The molecule has 0 unspecified atom stereocenters. The van der Waals surface area contributed by atoms with Gasteiger partial charge in [-0.2, -0.15) is 0 Å². The first-order valence-electron chi connectivity index (χ1n) is 7.68. The van der Waals surface area contributed by atoms with Gasteiger partial charge in [0.05, 0.1) is 4.92 Å². The summed E-state index contributed by atoms with van der Waals surface area (Å²) in [5.41, 5.74) is 3.42. The normalized spacial score (nSPS) is 11.7. The number of amides is 1. The Bertz CT molecular complexity index is 813. The third-order valence-electron chi connectivity index (χ3n) is 3.72. The number of nitrogens with zero attached hydrogens (tertiary/aromatic N) is 1. The average Bonchev–Trinajstić information content (AvgIpc) is 2.51. The molecule has 132 valence electrons. The molecule has 2 rings (SSSR count). The molecule has 0 aliphatic heterocycles. The van der Waals surface area contributed by atoms with Gasteiger partial charge in [0.2, 0.25) is 0 Å². The molecule has 7 heteroatoms. The number of benzene rings is 2. The van der Waals surface area contributed by atoms with Crippen molar-refractivity contribution in [2.75, 3.05) is 5.32 Å². The molecule has 2 aromatic rings. The van der Waals surface area contributed by atoms with Crippen LogP contribution in [0.2, 0.25) is 5.02 Å². The molecule has 1 amide bonds. The van der Waals surface area contributed by atoms with E-state index in [9.17, 15) is 14.9 Å². The number of halogens is 1. The van der Waals surface area contributed by atoms with Crippen molar-refractivity contribution in [3.8, 4) is 5.75 Å². The number of rotatable bonds is 5. The van der Waals surface area contributed by atoms with Gasteiger partial charge in [0.25, 0.3) is 5.91 Å². The molecule has 0 spiro atoms. The van der Waals surface area contributed by atoms with Crippen LogP contribution in [0, 0.1) is 30.9 Å². The van der Waals surface area contributed by atoms with Crippen LogP contribution in [0.5, 0.6) is 5.75 Å². The highest BCUT2D eigenvalue weighted by atomic mass is 35.5. The van der Waals surface area contributed by atoms with Crippen LogP contribution in [0.25, 0.3) is 0 Å². The molecule has 0 saturated heterocycles. The van der Waals surface area contributed by atoms with Gasteiger partial charge in [0.15, 0.2) is 11.9 Å². The Morgan fingerprint density at radius 1 is 1.20 bits per heavy atom. The maximum Gasteiger partial charge on any atom is 0.312 e. The summed E-state index contributed by atoms with van der Waals surface area (Å²) in [6.45, 7) is 7.33. The van der Waals surface area contributed by atoms with Gasteiger partial charge in [-0.3, -0.25) is 14.9 Å². The van der Waals surface area contributed by atoms with Gasteiger partial charge in [-0.25, -0.2) is 0 Å². The van der Waals surface area contributed by atoms with Gasteiger partial charge >= 0.3 is 5.69 Å². The smallest absolute Gasteiger partial charge is 0.312 e. The first-order chi connectivity index (χ1) is 11.7. The maximum absolute atomic E-state index is 12.4. The Labute approximate surface area is 150 Å². The zero-order valence-corrected chi connectivity index (χ0v) is 15.2. The van der Waals surface area contributed by atoms with Crippen molar-refractivity contribution in [1.82, 2.24) is 0 Å². The molecule has 0 bridgehead atoms. The number of nitro groups is 1. The van der Waals surface area contributed by atoms with Crippen molar-refractivity contribution in [1.29, 1.82) is 0 Å². The number of nitro benzene ring substituents is 1. The zero-order valence-electron chi connectivity index (χ0n) is 14.4. The number of aryl methyl sites for hydroxylation is 3. The molecule has 0 saturated carbocycles. The first-order valence-corrected chi connectivity index (χ1v) is 8.06.